The number of hydrogen-bond donors (Lipinski definition) is 3. The Morgan fingerprint density at radius 2 is 2.11 bits per heavy atom. The third-order valence-corrected chi connectivity index (χ3v) is 3.46. The summed E-state index contributed by atoms with van der Waals surface area (Å²) < 4.78 is 43.0. The Balaban J connectivity index is 2.75. The summed E-state index contributed by atoms with van der Waals surface area (Å²) >= 11 is 0. The number of rotatable bonds is 5. The summed E-state index contributed by atoms with van der Waals surface area (Å²) in [4.78, 5) is 9.87. The Labute approximate surface area is 103 Å². The maximum atomic E-state index is 13.1. The second kappa shape index (κ2) is 5.65. The van der Waals surface area contributed by atoms with Crippen molar-refractivity contribution in [2.45, 2.75) is 4.90 Å². The van der Waals surface area contributed by atoms with Crippen LogP contribution in [0.5, 0.6) is 0 Å². The molecule has 1 rings (SSSR count). The SMILES string of the molecule is NC(=O)OCCNS(=O)(=O)c1cccc(F)c1N. The molecule has 0 heterocycles. The van der Waals surface area contributed by atoms with Gasteiger partial charge in [0.25, 0.3) is 0 Å². The molecule has 0 unspecified atom stereocenters. The summed E-state index contributed by atoms with van der Waals surface area (Å²) in [6.07, 6.45) is -1.01. The Hall–Kier alpha value is -1.87. The largest absolute Gasteiger partial charge is 0.448 e. The number of ether oxygens (including phenoxy) is 1. The molecule has 0 saturated heterocycles. The van der Waals surface area contributed by atoms with Crippen molar-refractivity contribution < 1.29 is 22.3 Å². The van der Waals surface area contributed by atoms with Crippen LogP contribution in [-0.2, 0) is 14.8 Å². The lowest BCUT2D eigenvalue weighted by Crippen LogP contribution is -2.29. The van der Waals surface area contributed by atoms with Crippen molar-refractivity contribution in [1.29, 1.82) is 0 Å². The zero-order chi connectivity index (χ0) is 13.8. The molecule has 0 atom stereocenters. The fourth-order valence-electron chi connectivity index (χ4n) is 1.16. The smallest absolute Gasteiger partial charge is 0.404 e. The molecule has 5 N–H and O–H groups in total. The van der Waals surface area contributed by atoms with Crippen molar-refractivity contribution in [2.24, 2.45) is 5.73 Å². The summed E-state index contributed by atoms with van der Waals surface area (Å²) in [7, 11) is -3.96. The van der Waals surface area contributed by atoms with Gasteiger partial charge in [0.05, 0.1) is 5.69 Å². The van der Waals surface area contributed by atoms with Gasteiger partial charge in [-0.15, -0.1) is 0 Å². The number of carbonyl (C=O) groups is 1. The highest BCUT2D eigenvalue weighted by molar-refractivity contribution is 7.89. The number of primary amides is 1. The van der Waals surface area contributed by atoms with Gasteiger partial charge in [-0.25, -0.2) is 22.3 Å². The van der Waals surface area contributed by atoms with E-state index in [1.54, 1.807) is 0 Å². The number of amides is 1. The number of benzene rings is 1. The minimum absolute atomic E-state index is 0.193. The number of nitrogens with two attached hydrogens (primary N) is 2. The number of para-hydroxylation sites is 1. The Bertz CT molecular complexity index is 547. The molecule has 0 aliphatic carbocycles. The molecular formula is C9H12FN3O4S. The number of sulfonamides is 1. The molecule has 1 amide bonds. The lowest BCUT2D eigenvalue weighted by atomic mass is 10.3. The third kappa shape index (κ3) is 3.57. The second-order valence-electron chi connectivity index (χ2n) is 3.22. The number of carbonyl (C=O) groups excluding carboxylic acids is 1. The first-order valence-corrected chi connectivity index (χ1v) is 6.29. The molecule has 18 heavy (non-hydrogen) atoms. The lowest BCUT2D eigenvalue weighted by molar-refractivity contribution is 0.159. The first-order valence-electron chi connectivity index (χ1n) is 4.80. The Morgan fingerprint density at radius 1 is 1.44 bits per heavy atom. The van der Waals surface area contributed by atoms with Gasteiger partial charge in [-0.05, 0) is 12.1 Å². The van der Waals surface area contributed by atoms with Gasteiger partial charge in [0, 0.05) is 6.54 Å². The van der Waals surface area contributed by atoms with Gasteiger partial charge >= 0.3 is 6.09 Å². The van der Waals surface area contributed by atoms with E-state index in [2.05, 4.69) is 15.2 Å². The van der Waals surface area contributed by atoms with Crippen LogP contribution in [0.3, 0.4) is 0 Å². The fourth-order valence-corrected chi connectivity index (χ4v) is 2.31. The van der Waals surface area contributed by atoms with E-state index in [9.17, 15) is 17.6 Å². The second-order valence-corrected chi connectivity index (χ2v) is 4.95. The van der Waals surface area contributed by atoms with Crippen molar-refractivity contribution in [1.82, 2.24) is 4.72 Å². The van der Waals surface area contributed by atoms with E-state index in [0.717, 1.165) is 12.1 Å². The number of nitrogens with one attached hydrogen (secondary N) is 1. The lowest BCUT2D eigenvalue weighted by Gasteiger charge is -2.09. The van der Waals surface area contributed by atoms with E-state index in [1.807, 2.05) is 0 Å². The van der Waals surface area contributed by atoms with E-state index in [-0.39, 0.29) is 18.0 Å². The number of hydrogen-bond acceptors (Lipinski definition) is 5. The van der Waals surface area contributed by atoms with E-state index in [1.165, 1.54) is 6.07 Å². The molecule has 1 aromatic rings. The predicted molar refractivity (Wildman–Crippen MR) is 61.5 cm³/mol. The summed E-state index contributed by atoms with van der Waals surface area (Å²) in [6, 6.07) is 3.43. The Kier molecular flexibility index (Phi) is 4.45. The molecule has 0 radical (unpaired) electrons. The van der Waals surface area contributed by atoms with Gasteiger partial charge in [-0.1, -0.05) is 6.07 Å². The van der Waals surface area contributed by atoms with Crippen molar-refractivity contribution >= 4 is 21.8 Å². The van der Waals surface area contributed by atoms with Crippen LogP contribution in [0.25, 0.3) is 0 Å². The molecule has 0 saturated carbocycles. The van der Waals surface area contributed by atoms with Gasteiger partial charge < -0.3 is 16.2 Å². The van der Waals surface area contributed by atoms with E-state index in [0.29, 0.717) is 0 Å². The molecule has 9 heteroatoms. The fraction of sp³-hybridized carbons (Fsp3) is 0.222. The molecule has 0 aliphatic rings. The number of anilines is 1. The average Bonchev–Trinajstić information content (AvgIpc) is 2.28. The summed E-state index contributed by atoms with van der Waals surface area (Å²) in [5.74, 6) is -0.828. The molecule has 0 bridgehead atoms. The van der Waals surface area contributed by atoms with Crippen molar-refractivity contribution in [3.63, 3.8) is 0 Å². The molecule has 0 aliphatic heterocycles. The summed E-state index contributed by atoms with van der Waals surface area (Å²) in [6.45, 7) is -0.426. The normalized spacial score (nSPS) is 11.2. The van der Waals surface area contributed by atoms with Gasteiger partial charge in [0.2, 0.25) is 10.0 Å². The van der Waals surface area contributed by atoms with Crippen molar-refractivity contribution in [3.05, 3.63) is 24.0 Å². The monoisotopic (exact) mass is 277 g/mol. The maximum absolute atomic E-state index is 13.1. The minimum Gasteiger partial charge on any atom is -0.448 e. The van der Waals surface area contributed by atoms with E-state index < -0.39 is 27.6 Å². The maximum Gasteiger partial charge on any atom is 0.404 e. The van der Waals surface area contributed by atoms with Crippen LogP contribution < -0.4 is 16.2 Å². The molecule has 7 nitrogen and oxygen atoms in total. The standard InChI is InChI=1S/C9H12FN3O4S/c10-6-2-1-3-7(8(6)11)18(15,16)13-4-5-17-9(12)14/h1-3,13H,4-5,11H2,(H2,12,14). The third-order valence-electron chi connectivity index (χ3n) is 1.94. The first-order chi connectivity index (χ1) is 8.34. The van der Waals surface area contributed by atoms with Crippen LogP contribution in [-0.4, -0.2) is 27.7 Å². The molecule has 100 valence electrons. The first kappa shape index (κ1) is 14.2. The van der Waals surface area contributed by atoms with Crippen LogP contribution in [0.1, 0.15) is 0 Å². The summed E-state index contributed by atoms with van der Waals surface area (Å²) in [5, 5.41) is 0. The molecule has 0 fully saturated rings. The predicted octanol–water partition coefficient (Wildman–Crippen LogP) is -0.218. The average molecular weight is 277 g/mol. The Morgan fingerprint density at radius 3 is 2.72 bits per heavy atom. The number of halogens is 1. The molecular weight excluding hydrogens is 265 g/mol. The minimum atomic E-state index is -3.96. The van der Waals surface area contributed by atoms with E-state index >= 15 is 0 Å². The van der Waals surface area contributed by atoms with Crippen LogP contribution in [0.4, 0.5) is 14.9 Å². The van der Waals surface area contributed by atoms with E-state index in [4.69, 9.17) is 5.73 Å². The highest BCUT2D eigenvalue weighted by atomic mass is 32.2. The topological polar surface area (TPSA) is 125 Å². The van der Waals surface area contributed by atoms with Crippen LogP contribution >= 0.6 is 0 Å². The quantitative estimate of drug-likeness (QED) is 0.507. The van der Waals surface area contributed by atoms with Gasteiger partial charge in [-0.3, -0.25) is 0 Å². The van der Waals surface area contributed by atoms with Crippen molar-refractivity contribution in [2.75, 3.05) is 18.9 Å². The van der Waals surface area contributed by atoms with Gasteiger partial charge in [0.1, 0.15) is 17.3 Å². The highest BCUT2D eigenvalue weighted by Crippen LogP contribution is 2.20. The molecule has 1 aromatic carbocycles. The molecule has 0 aromatic heterocycles. The van der Waals surface area contributed by atoms with Gasteiger partial charge in [0.15, 0.2) is 0 Å². The summed E-state index contributed by atoms with van der Waals surface area (Å²) in [5.41, 5.74) is 9.54. The zero-order valence-electron chi connectivity index (χ0n) is 9.22. The van der Waals surface area contributed by atoms with Crippen LogP contribution in [0.15, 0.2) is 23.1 Å². The van der Waals surface area contributed by atoms with Crippen molar-refractivity contribution in [3.8, 4) is 0 Å². The molecule has 0 spiro atoms. The van der Waals surface area contributed by atoms with Gasteiger partial charge in [-0.2, -0.15) is 0 Å². The zero-order valence-corrected chi connectivity index (χ0v) is 10.0. The highest BCUT2D eigenvalue weighted by Gasteiger charge is 2.18. The van der Waals surface area contributed by atoms with Crippen LogP contribution in [0.2, 0.25) is 0 Å². The number of nitrogen functional groups attached to an aromatic ring is 1. The van der Waals surface area contributed by atoms with Crippen LogP contribution in [0, 0.1) is 5.82 Å².